The van der Waals surface area contributed by atoms with Crippen LogP contribution in [0.1, 0.15) is 37.3 Å². The van der Waals surface area contributed by atoms with E-state index in [1.54, 1.807) is 0 Å². The van der Waals surface area contributed by atoms with Gasteiger partial charge in [-0.15, -0.1) is 0 Å². The number of rotatable bonds is 6. The molecule has 0 saturated heterocycles. The molecule has 0 fully saturated rings. The number of allylic oxidation sites excluding steroid dienone is 1. The number of carbonyl (C=O) groups is 2. The largest absolute Gasteiger partial charge is 0.355 e. The third kappa shape index (κ3) is 5.36. The topological polar surface area (TPSA) is 82.0 Å². The molecule has 2 amide bonds. The van der Waals surface area contributed by atoms with Crippen LogP contribution in [0.2, 0.25) is 0 Å². The van der Waals surface area contributed by atoms with E-state index in [0.29, 0.717) is 23.1 Å². The van der Waals surface area contributed by atoms with Gasteiger partial charge in [-0.05, 0) is 18.4 Å². The fourth-order valence-corrected chi connectivity index (χ4v) is 3.43. The van der Waals surface area contributed by atoms with E-state index in [4.69, 9.17) is 0 Å². The summed E-state index contributed by atoms with van der Waals surface area (Å²) in [4.78, 5) is 24.0. The van der Waals surface area contributed by atoms with Crippen molar-refractivity contribution in [2.75, 3.05) is 12.3 Å². The zero-order valence-electron chi connectivity index (χ0n) is 14.8. The fourth-order valence-electron chi connectivity index (χ4n) is 2.52. The Morgan fingerprint density at radius 1 is 1.40 bits per heavy atom. The normalized spacial score (nSPS) is 17.2. The zero-order chi connectivity index (χ0) is 18.4. The molecule has 0 saturated carbocycles. The number of hydrogen-bond acceptors (Lipinski definition) is 4. The SMILES string of the molecule is Cc1ccc([C@H]2CC(=O)NC(SCC(=O)NCC(C)C)=C2C#N)cc1. The molecule has 132 valence electrons. The first-order valence-electron chi connectivity index (χ1n) is 8.31. The monoisotopic (exact) mass is 357 g/mol. The molecule has 0 aromatic heterocycles. The zero-order valence-corrected chi connectivity index (χ0v) is 15.6. The predicted octanol–water partition coefficient (Wildman–Crippen LogP) is 2.84. The van der Waals surface area contributed by atoms with E-state index in [9.17, 15) is 14.9 Å². The molecule has 0 spiro atoms. The quantitative estimate of drug-likeness (QED) is 0.820. The molecule has 0 unspecified atom stereocenters. The third-order valence-corrected chi connectivity index (χ3v) is 4.91. The lowest BCUT2D eigenvalue weighted by molar-refractivity contribution is -0.121. The van der Waals surface area contributed by atoms with Gasteiger partial charge in [0.2, 0.25) is 11.8 Å². The molecule has 1 aromatic carbocycles. The van der Waals surface area contributed by atoms with Crippen molar-refractivity contribution in [3.05, 3.63) is 46.0 Å². The van der Waals surface area contributed by atoms with Crippen molar-refractivity contribution in [3.63, 3.8) is 0 Å². The molecule has 1 aromatic rings. The maximum absolute atomic E-state index is 12.1. The van der Waals surface area contributed by atoms with Crippen molar-refractivity contribution < 1.29 is 9.59 Å². The minimum Gasteiger partial charge on any atom is -0.355 e. The van der Waals surface area contributed by atoms with Crippen LogP contribution < -0.4 is 10.6 Å². The van der Waals surface area contributed by atoms with E-state index < -0.39 is 0 Å². The van der Waals surface area contributed by atoms with Gasteiger partial charge in [-0.25, -0.2) is 0 Å². The number of thioether (sulfide) groups is 1. The molecule has 25 heavy (non-hydrogen) atoms. The highest BCUT2D eigenvalue weighted by molar-refractivity contribution is 8.03. The van der Waals surface area contributed by atoms with E-state index in [1.165, 1.54) is 11.8 Å². The number of nitriles is 1. The molecule has 0 radical (unpaired) electrons. The number of nitrogens with zero attached hydrogens (tertiary/aromatic N) is 1. The van der Waals surface area contributed by atoms with Gasteiger partial charge in [-0.2, -0.15) is 5.26 Å². The highest BCUT2D eigenvalue weighted by Crippen LogP contribution is 2.35. The molecular weight excluding hydrogens is 334 g/mol. The number of benzene rings is 1. The average Bonchev–Trinajstić information content (AvgIpc) is 2.58. The molecule has 1 heterocycles. The summed E-state index contributed by atoms with van der Waals surface area (Å²) in [6.45, 7) is 6.66. The summed E-state index contributed by atoms with van der Waals surface area (Å²) in [7, 11) is 0. The van der Waals surface area contributed by atoms with E-state index in [1.807, 2.05) is 45.0 Å². The average molecular weight is 357 g/mol. The van der Waals surface area contributed by atoms with E-state index >= 15 is 0 Å². The van der Waals surface area contributed by atoms with Crippen LogP contribution in [0.4, 0.5) is 0 Å². The van der Waals surface area contributed by atoms with Gasteiger partial charge in [-0.1, -0.05) is 55.4 Å². The third-order valence-electron chi connectivity index (χ3n) is 3.89. The Balaban J connectivity index is 2.16. The van der Waals surface area contributed by atoms with E-state index in [2.05, 4.69) is 16.7 Å². The van der Waals surface area contributed by atoms with Gasteiger partial charge in [0.25, 0.3) is 0 Å². The number of nitrogens with one attached hydrogen (secondary N) is 2. The van der Waals surface area contributed by atoms with Gasteiger partial charge < -0.3 is 10.6 Å². The second-order valence-corrected chi connectivity index (χ2v) is 7.54. The van der Waals surface area contributed by atoms with E-state index in [-0.39, 0.29) is 29.9 Å². The Morgan fingerprint density at radius 2 is 2.08 bits per heavy atom. The molecule has 5 nitrogen and oxygen atoms in total. The second-order valence-electron chi connectivity index (χ2n) is 6.56. The van der Waals surface area contributed by atoms with Crippen LogP contribution in [0.3, 0.4) is 0 Å². The molecule has 0 bridgehead atoms. The van der Waals surface area contributed by atoms with Crippen molar-refractivity contribution in [2.24, 2.45) is 5.92 Å². The Hall–Kier alpha value is -2.26. The van der Waals surface area contributed by atoms with Crippen molar-refractivity contribution in [1.82, 2.24) is 10.6 Å². The number of amides is 2. The highest BCUT2D eigenvalue weighted by atomic mass is 32.2. The summed E-state index contributed by atoms with van der Waals surface area (Å²) in [5.41, 5.74) is 2.59. The lowest BCUT2D eigenvalue weighted by Gasteiger charge is -2.25. The van der Waals surface area contributed by atoms with Crippen molar-refractivity contribution >= 4 is 23.6 Å². The van der Waals surface area contributed by atoms with E-state index in [0.717, 1.165) is 11.1 Å². The summed E-state index contributed by atoms with van der Waals surface area (Å²) in [6.07, 6.45) is 0.246. The maximum atomic E-state index is 12.1. The molecule has 1 atom stereocenters. The van der Waals surface area contributed by atoms with Crippen LogP contribution >= 0.6 is 11.8 Å². The van der Waals surface area contributed by atoms with Crippen molar-refractivity contribution in [1.29, 1.82) is 5.26 Å². The summed E-state index contributed by atoms with van der Waals surface area (Å²) < 4.78 is 0. The molecular formula is C19H23N3O2S. The predicted molar refractivity (Wildman–Crippen MR) is 99.6 cm³/mol. The summed E-state index contributed by atoms with van der Waals surface area (Å²) in [6, 6.07) is 10.1. The number of hydrogen-bond donors (Lipinski definition) is 2. The lowest BCUT2D eigenvalue weighted by Crippen LogP contribution is -2.33. The van der Waals surface area contributed by atoms with Gasteiger partial charge in [-0.3, -0.25) is 9.59 Å². The van der Waals surface area contributed by atoms with Gasteiger partial charge in [0.1, 0.15) is 0 Å². The minimum absolute atomic E-state index is 0.102. The smallest absolute Gasteiger partial charge is 0.230 e. The summed E-state index contributed by atoms with van der Waals surface area (Å²) in [5.74, 6) is 0.0577. The van der Waals surface area contributed by atoms with Crippen molar-refractivity contribution in [2.45, 2.75) is 33.1 Å². The standard InChI is InChI=1S/C19H23N3O2S/c1-12(2)10-21-18(24)11-25-19-16(9-20)15(8-17(23)22-19)14-6-4-13(3)5-7-14/h4-7,12,15H,8,10-11H2,1-3H3,(H,21,24)(H,22,23)/t15-/m1/s1. The Kier molecular flexibility index (Phi) is 6.65. The first-order chi connectivity index (χ1) is 11.9. The van der Waals surface area contributed by atoms with Crippen LogP contribution in [0.5, 0.6) is 0 Å². The lowest BCUT2D eigenvalue weighted by atomic mass is 9.87. The van der Waals surface area contributed by atoms with Crippen LogP contribution in [-0.2, 0) is 9.59 Å². The van der Waals surface area contributed by atoms with Gasteiger partial charge in [0.05, 0.1) is 22.4 Å². The second kappa shape index (κ2) is 8.72. The van der Waals surface area contributed by atoms with Crippen LogP contribution in [0.25, 0.3) is 0 Å². The molecule has 2 rings (SSSR count). The van der Waals surface area contributed by atoms with Crippen molar-refractivity contribution in [3.8, 4) is 6.07 Å². The molecule has 1 aliphatic rings. The number of carbonyl (C=O) groups excluding carboxylic acids is 2. The molecule has 1 aliphatic heterocycles. The van der Waals surface area contributed by atoms with Gasteiger partial charge in [0.15, 0.2) is 0 Å². The first-order valence-corrected chi connectivity index (χ1v) is 9.29. The van der Waals surface area contributed by atoms with Gasteiger partial charge >= 0.3 is 0 Å². The molecule has 0 aliphatic carbocycles. The minimum atomic E-state index is -0.263. The highest BCUT2D eigenvalue weighted by Gasteiger charge is 2.29. The Bertz CT molecular complexity index is 717. The van der Waals surface area contributed by atoms with Crippen LogP contribution in [-0.4, -0.2) is 24.1 Å². The number of aryl methyl sites for hydroxylation is 1. The summed E-state index contributed by atoms with van der Waals surface area (Å²) >= 11 is 1.21. The fraction of sp³-hybridized carbons (Fsp3) is 0.421. The molecule has 2 N–H and O–H groups in total. The summed E-state index contributed by atoms with van der Waals surface area (Å²) in [5, 5.41) is 15.7. The van der Waals surface area contributed by atoms with Gasteiger partial charge in [0, 0.05) is 18.9 Å². The first kappa shape index (κ1) is 19.1. The molecule has 6 heteroatoms. The van der Waals surface area contributed by atoms with Crippen LogP contribution in [0.15, 0.2) is 34.9 Å². The Labute approximate surface area is 152 Å². The Morgan fingerprint density at radius 3 is 2.68 bits per heavy atom. The maximum Gasteiger partial charge on any atom is 0.230 e. The van der Waals surface area contributed by atoms with Crippen LogP contribution in [0, 0.1) is 24.2 Å².